The van der Waals surface area contributed by atoms with Crippen molar-refractivity contribution in [2.75, 3.05) is 7.11 Å². The number of methoxy groups -OCH3 is 1. The number of ether oxygens (including phenoxy) is 1. The highest BCUT2D eigenvalue weighted by molar-refractivity contribution is 7.80. The third-order valence-corrected chi connectivity index (χ3v) is 2.41. The molecule has 11 heavy (non-hydrogen) atoms. The first kappa shape index (κ1) is 8.47. The van der Waals surface area contributed by atoms with E-state index in [1.54, 1.807) is 7.11 Å². The van der Waals surface area contributed by atoms with E-state index in [1.165, 1.54) is 0 Å². The molecule has 2 heteroatoms. The van der Waals surface area contributed by atoms with Crippen molar-refractivity contribution >= 4 is 12.6 Å². The first-order valence-corrected chi connectivity index (χ1v) is 3.94. The van der Waals surface area contributed by atoms with Gasteiger partial charge in [0.05, 0.1) is 7.11 Å². The zero-order valence-electron chi connectivity index (χ0n) is 7.01. The van der Waals surface area contributed by atoms with Crippen LogP contribution in [0.4, 0.5) is 0 Å². The molecule has 0 heterocycles. The topological polar surface area (TPSA) is 9.23 Å². The molecular weight excluding hydrogens is 156 g/mol. The first-order chi connectivity index (χ1) is 5.15. The minimum atomic E-state index is 0.901. The van der Waals surface area contributed by atoms with Gasteiger partial charge >= 0.3 is 0 Å². The number of rotatable bonds is 1. The summed E-state index contributed by atoms with van der Waals surface area (Å²) in [6.45, 7) is 4.05. The van der Waals surface area contributed by atoms with Gasteiger partial charge in [0.15, 0.2) is 0 Å². The molecule has 60 valence electrons. The van der Waals surface area contributed by atoms with Gasteiger partial charge in [0.25, 0.3) is 0 Å². The third-order valence-electron chi connectivity index (χ3n) is 1.70. The molecule has 0 saturated heterocycles. The molecule has 0 amide bonds. The molecule has 0 bridgehead atoms. The molecule has 0 radical (unpaired) electrons. The normalized spacial score (nSPS) is 9.82. The molecule has 0 aliphatic carbocycles. The molecule has 0 aliphatic heterocycles. The molecule has 1 nitrogen and oxygen atoms in total. The minimum Gasteiger partial charge on any atom is -0.497 e. The van der Waals surface area contributed by atoms with Crippen molar-refractivity contribution in [3.63, 3.8) is 0 Å². The first-order valence-electron chi connectivity index (χ1n) is 3.49. The average Bonchev–Trinajstić information content (AvgIpc) is 1.99. The summed E-state index contributed by atoms with van der Waals surface area (Å²) in [7, 11) is 1.67. The minimum absolute atomic E-state index is 0.901. The van der Waals surface area contributed by atoms with Crippen LogP contribution in [-0.4, -0.2) is 7.11 Å². The van der Waals surface area contributed by atoms with E-state index in [9.17, 15) is 0 Å². The lowest BCUT2D eigenvalue weighted by Gasteiger charge is -2.06. The van der Waals surface area contributed by atoms with Crippen LogP contribution in [0.2, 0.25) is 0 Å². The van der Waals surface area contributed by atoms with Crippen LogP contribution >= 0.6 is 12.6 Å². The van der Waals surface area contributed by atoms with Gasteiger partial charge in [-0.15, -0.1) is 12.6 Å². The molecule has 1 aromatic carbocycles. The standard InChI is InChI=1S/C9H12OS/c1-6-4-8(10-3)5-7(2)9(6)11/h4-5,11H,1-3H3. The van der Waals surface area contributed by atoms with Crippen molar-refractivity contribution in [3.05, 3.63) is 23.3 Å². The molecule has 0 saturated carbocycles. The van der Waals surface area contributed by atoms with Crippen LogP contribution in [0, 0.1) is 13.8 Å². The molecule has 0 N–H and O–H groups in total. The van der Waals surface area contributed by atoms with Gasteiger partial charge in [0.2, 0.25) is 0 Å². The smallest absolute Gasteiger partial charge is 0.119 e. The largest absolute Gasteiger partial charge is 0.497 e. The molecule has 0 spiro atoms. The van der Waals surface area contributed by atoms with Crippen LogP contribution < -0.4 is 4.74 Å². The van der Waals surface area contributed by atoms with Gasteiger partial charge in [0.1, 0.15) is 5.75 Å². The third kappa shape index (κ3) is 1.69. The van der Waals surface area contributed by atoms with E-state index in [1.807, 2.05) is 26.0 Å². The van der Waals surface area contributed by atoms with Crippen LogP contribution in [0.25, 0.3) is 0 Å². The molecule has 0 aromatic heterocycles. The molecule has 0 fully saturated rings. The Balaban J connectivity index is 3.21. The summed E-state index contributed by atoms with van der Waals surface area (Å²) in [5.41, 5.74) is 2.32. The number of hydrogen-bond donors (Lipinski definition) is 1. The van der Waals surface area contributed by atoms with Crippen LogP contribution in [-0.2, 0) is 0 Å². The zero-order valence-corrected chi connectivity index (χ0v) is 7.90. The van der Waals surface area contributed by atoms with Crippen molar-refractivity contribution in [1.82, 2.24) is 0 Å². The Morgan fingerprint density at radius 1 is 1.18 bits per heavy atom. The Labute approximate surface area is 72.8 Å². The lowest BCUT2D eigenvalue weighted by atomic mass is 10.1. The summed E-state index contributed by atoms with van der Waals surface area (Å²) >= 11 is 4.34. The average molecular weight is 168 g/mol. The van der Waals surface area contributed by atoms with Crippen LogP contribution in [0.5, 0.6) is 5.75 Å². The lowest BCUT2D eigenvalue weighted by Crippen LogP contribution is -1.87. The predicted molar refractivity (Wildman–Crippen MR) is 49.7 cm³/mol. The van der Waals surface area contributed by atoms with Crippen LogP contribution in [0.1, 0.15) is 11.1 Å². The highest BCUT2D eigenvalue weighted by Crippen LogP contribution is 2.23. The fraction of sp³-hybridized carbons (Fsp3) is 0.333. The fourth-order valence-corrected chi connectivity index (χ4v) is 1.16. The van der Waals surface area contributed by atoms with Gasteiger partial charge in [-0.1, -0.05) is 0 Å². The van der Waals surface area contributed by atoms with Crippen molar-refractivity contribution < 1.29 is 4.74 Å². The Morgan fingerprint density at radius 2 is 1.64 bits per heavy atom. The summed E-state index contributed by atoms with van der Waals surface area (Å²) in [6, 6.07) is 3.96. The highest BCUT2D eigenvalue weighted by Gasteiger charge is 2.00. The summed E-state index contributed by atoms with van der Waals surface area (Å²) in [5.74, 6) is 0.901. The summed E-state index contributed by atoms with van der Waals surface area (Å²) < 4.78 is 5.10. The number of hydrogen-bond acceptors (Lipinski definition) is 2. The molecule has 0 unspecified atom stereocenters. The molecular formula is C9H12OS. The highest BCUT2D eigenvalue weighted by atomic mass is 32.1. The van der Waals surface area contributed by atoms with Gasteiger partial charge < -0.3 is 4.74 Å². The van der Waals surface area contributed by atoms with E-state index >= 15 is 0 Å². The van der Waals surface area contributed by atoms with Gasteiger partial charge in [-0.2, -0.15) is 0 Å². The number of benzene rings is 1. The van der Waals surface area contributed by atoms with E-state index in [0.29, 0.717) is 0 Å². The maximum absolute atomic E-state index is 5.10. The van der Waals surface area contributed by atoms with Gasteiger partial charge in [-0.3, -0.25) is 0 Å². The molecule has 0 atom stereocenters. The lowest BCUT2D eigenvalue weighted by molar-refractivity contribution is 0.413. The van der Waals surface area contributed by atoms with Crippen LogP contribution in [0.15, 0.2) is 17.0 Å². The van der Waals surface area contributed by atoms with E-state index in [0.717, 1.165) is 21.8 Å². The van der Waals surface area contributed by atoms with E-state index in [-0.39, 0.29) is 0 Å². The van der Waals surface area contributed by atoms with Crippen molar-refractivity contribution in [1.29, 1.82) is 0 Å². The molecule has 0 aliphatic rings. The Bertz CT molecular complexity index is 245. The van der Waals surface area contributed by atoms with E-state index < -0.39 is 0 Å². The van der Waals surface area contributed by atoms with Crippen molar-refractivity contribution in [2.45, 2.75) is 18.7 Å². The van der Waals surface area contributed by atoms with Crippen molar-refractivity contribution in [3.8, 4) is 5.75 Å². The predicted octanol–water partition coefficient (Wildman–Crippen LogP) is 2.60. The molecule has 1 rings (SSSR count). The number of thiol groups is 1. The van der Waals surface area contributed by atoms with Gasteiger partial charge in [0, 0.05) is 4.90 Å². The Morgan fingerprint density at radius 3 is 2.00 bits per heavy atom. The van der Waals surface area contributed by atoms with Gasteiger partial charge in [-0.25, -0.2) is 0 Å². The van der Waals surface area contributed by atoms with E-state index in [4.69, 9.17) is 4.74 Å². The van der Waals surface area contributed by atoms with Gasteiger partial charge in [-0.05, 0) is 37.1 Å². The zero-order chi connectivity index (χ0) is 8.43. The second kappa shape index (κ2) is 3.18. The van der Waals surface area contributed by atoms with Crippen LogP contribution in [0.3, 0.4) is 0 Å². The number of aryl methyl sites for hydroxylation is 2. The second-order valence-electron chi connectivity index (χ2n) is 2.61. The second-order valence-corrected chi connectivity index (χ2v) is 3.06. The Hall–Kier alpha value is -0.630. The monoisotopic (exact) mass is 168 g/mol. The summed E-state index contributed by atoms with van der Waals surface area (Å²) in [4.78, 5) is 1.05. The summed E-state index contributed by atoms with van der Waals surface area (Å²) in [6.07, 6.45) is 0. The van der Waals surface area contributed by atoms with E-state index in [2.05, 4.69) is 12.6 Å². The molecule has 1 aromatic rings. The quantitative estimate of drug-likeness (QED) is 0.634. The summed E-state index contributed by atoms with van der Waals surface area (Å²) in [5, 5.41) is 0. The SMILES string of the molecule is COc1cc(C)c(S)c(C)c1. The fourth-order valence-electron chi connectivity index (χ4n) is 1.03. The maximum atomic E-state index is 5.10. The van der Waals surface area contributed by atoms with Crippen molar-refractivity contribution in [2.24, 2.45) is 0 Å². The Kier molecular flexibility index (Phi) is 2.45. The maximum Gasteiger partial charge on any atom is 0.119 e.